The number of piperidine rings is 1. The van der Waals surface area contributed by atoms with E-state index in [-0.39, 0.29) is 4.90 Å². The van der Waals surface area contributed by atoms with E-state index in [0.29, 0.717) is 17.2 Å². The number of nitrogens with zero attached hydrogens (tertiary/aromatic N) is 3. The number of rotatable bonds is 4. The van der Waals surface area contributed by atoms with Crippen LogP contribution in [0.25, 0.3) is 11.3 Å². The topological polar surface area (TPSA) is 75.2 Å². The minimum absolute atomic E-state index is 0.267. The number of anilines is 1. The average molecular weight is 360 g/mol. The van der Waals surface area contributed by atoms with Crippen LogP contribution in [0, 0.1) is 12.8 Å². The molecule has 1 N–H and O–H groups in total. The Balaban J connectivity index is 1.89. The fraction of sp³-hybridized carbons (Fsp3) is 0.444. The first-order valence-corrected chi connectivity index (χ1v) is 10.0. The lowest BCUT2D eigenvalue weighted by atomic mass is 10.0. The monoisotopic (exact) mass is 360 g/mol. The van der Waals surface area contributed by atoms with Crippen LogP contribution in [0.2, 0.25) is 0 Å². The van der Waals surface area contributed by atoms with Gasteiger partial charge in [0.05, 0.1) is 10.6 Å². The molecule has 0 unspecified atom stereocenters. The van der Waals surface area contributed by atoms with E-state index in [0.717, 1.165) is 24.5 Å². The highest BCUT2D eigenvalue weighted by molar-refractivity contribution is 7.89. The summed E-state index contributed by atoms with van der Waals surface area (Å²) in [6.45, 7) is 6.04. The highest BCUT2D eigenvalue weighted by Crippen LogP contribution is 2.25. The van der Waals surface area contributed by atoms with Crippen molar-refractivity contribution < 1.29 is 8.42 Å². The van der Waals surface area contributed by atoms with Gasteiger partial charge in [0, 0.05) is 18.7 Å². The Morgan fingerprint density at radius 1 is 1.20 bits per heavy atom. The normalized spacial score (nSPS) is 18.4. The summed E-state index contributed by atoms with van der Waals surface area (Å²) < 4.78 is 26.6. The minimum Gasteiger partial charge on any atom is -0.355 e. The standard InChI is InChI=1S/C18H24N4O2S/c1-13-5-4-10-22(12-13)18-9-8-16(20-21-18)15-7-6-14(2)17(11-15)25(23,24)19-3/h6-9,11,13,19H,4-5,10,12H2,1-3H3/t13-/m0/s1. The van der Waals surface area contributed by atoms with E-state index in [9.17, 15) is 8.42 Å². The van der Waals surface area contributed by atoms with Crippen LogP contribution in [0.4, 0.5) is 5.82 Å². The van der Waals surface area contributed by atoms with Crippen LogP contribution < -0.4 is 9.62 Å². The van der Waals surface area contributed by atoms with Crippen molar-refractivity contribution in [2.75, 3.05) is 25.0 Å². The fourth-order valence-electron chi connectivity index (χ4n) is 3.20. The summed E-state index contributed by atoms with van der Waals surface area (Å²) >= 11 is 0. The van der Waals surface area contributed by atoms with Crippen molar-refractivity contribution in [1.29, 1.82) is 0 Å². The second-order valence-electron chi connectivity index (χ2n) is 6.66. The van der Waals surface area contributed by atoms with Crippen LogP contribution in [0.3, 0.4) is 0 Å². The van der Waals surface area contributed by atoms with Crippen LogP contribution >= 0.6 is 0 Å². The molecule has 134 valence electrons. The molecule has 1 atom stereocenters. The maximum atomic E-state index is 12.1. The number of sulfonamides is 1. The minimum atomic E-state index is -3.50. The van der Waals surface area contributed by atoms with Crippen LogP contribution in [-0.2, 0) is 10.0 Å². The van der Waals surface area contributed by atoms with E-state index in [1.165, 1.54) is 19.9 Å². The van der Waals surface area contributed by atoms with Crippen molar-refractivity contribution in [2.45, 2.75) is 31.6 Å². The van der Waals surface area contributed by atoms with E-state index in [1.807, 2.05) is 18.2 Å². The first kappa shape index (κ1) is 17.8. The SMILES string of the molecule is CNS(=O)(=O)c1cc(-c2ccc(N3CCC[C@H](C)C3)nn2)ccc1C. The lowest BCUT2D eigenvalue weighted by molar-refractivity contribution is 0.444. The molecule has 0 bridgehead atoms. The third kappa shape index (κ3) is 3.82. The lowest BCUT2D eigenvalue weighted by Crippen LogP contribution is -2.34. The van der Waals surface area contributed by atoms with Crippen molar-refractivity contribution >= 4 is 15.8 Å². The largest absolute Gasteiger partial charge is 0.355 e. The van der Waals surface area contributed by atoms with Gasteiger partial charge in [-0.2, -0.15) is 0 Å². The van der Waals surface area contributed by atoms with Crippen molar-refractivity contribution in [1.82, 2.24) is 14.9 Å². The zero-order valence-electron chi connectivity index (χ0n) is 14.9. The quantitative estimate of drug-likeness (QED) is 0.907. The summed E-state index contributed by atoms with van der Waals surface area (Å²) in [6, 6.07) is 9.18. The molecular formula is C18H24N4O2S. The van der Waals surface area contributed by atoms with Crippen molar-refractivity contribution in [3.63, 3.8) is 0 Å². The van der Waals surface area contributed by atoms with Crippen LogP contribution in [-0.4, -0.2) is 38.8 Å². The Hall–Kier alpha value is -1.99. The third-order valence-electron chi connectivity index (χ3n) is 4.67. The van der Waals surface area contributed by atoms with Gasteiger partial charge in [-0.15, -0.1) is 10.2 Å². The molecule has 1 aromatic carbocycles. The summed E-state index contributed by atoms with van der Waals surface area (Å²) in [7, 11) is -2.08. The maximum Gasteiger partial charge on any atom is 0.240 e. The Morgan fingerprint density at radius 3 is 2.64 bits per heavy atom. The Labute approximate surface area is 149 Å². The van der Waals surface area contributed by atoms with Crippen LogP contribution in [0.15, 0.2) is 35.2 Å². The van der Waals surface area contributed by atoms with Gasteiger partial charge in [-0.3, -0.25) is 0 Å². The van der Waals surface area contributed by atoms with Gasteiger partial charge < -0.3 is 4.90 Å². The van der Waals surface area contributed by atoms with Crippen LogP contribution in [0.1, 0.15) is 25.3 Å². The molecule has 3 rings (SSSR count). The van der Waals surface area contributed by atoms with E-state index in [1.54, 1.807) is 19.1 Å². The number of hydrogen-bond donors (Lipinski definition) is 1. The molecular weight excluding hydrogens is 336 g/mol. The number of aromatic nitrogens is 2. The van der Waals surface area contributed by atoms with Gasteiger partial charge in [-0.25, -0.2) is 13.1 Å². The maximum absolute atomic E-state index is 12.1. The number of aryl methyl sites for hydroxylation is 1. The van der Waals surface area contributed by atoms with Gasteiger partial charge in [-0.05, 0) is 56.5 Å². The number of benzene rings is 1. The predicted molar refractivity (Wildman–Crippen MR) is 99.1 cm³/mol. The Kier molecular flexibility index (Phi) is 5.06. The molecule has 0 saturated carbocycles. The zero-order chi connectivity index (χ0) is 18.0. The van der Waals surface area contributed by atoms with E-state index >= 15 is 0 Å². The second kappa shape index (κ2) is 7.09. The lowest BCUT2D eigenvalue weighted by Gasteiger charge is -2.31. The molecule has 7 heteroatoms. The molecule has 0 aliphatic carbocycles. The van der Waals surface area contributed by atoms with E-state index < -0.39 is 10.0 Å². The second-order valence-corrected chi connectivity index (χ2v) is 8.51. The Morgan fingerprint density at radius 2 is 2.00 bits per heavy atom. The molecule has 2 heterocycles. The fourth-order valence-corrected chi connectivity index (χ4v) is 4.20. The first-order valence-electron chi connectivity index (χ1n) is 8.54. The summed E-state index contributed by atoms with van der Waals surface area (Å²) in [5.41, 5.74) is 2.11. The summed E-state index contributed by atoms with van der Waals surface area (Å²) in [6.07, 6.45) is 2.43. The molecule has 1 aliphatic rings. The molecule has 6 nitrogen and oxygen atoms in total. The van der Waals surface area contributed by atoms with Gasteiger partial charge in [-0.1, -0.05) is 19.1 Å². The smallest absolute Gasteiger partial charge is 0.240 e. The van der Waals surface area contributed by atoms with Gasteiger partial charge in [0.2, 0.25) is 10.0 Å². The van der Waals surface area contributed by atoms with Crippen molar-refractivity contribution in [3.05, 3.63) is 35.9 Å². The molecule has 1 aromatic heterocycles. The molecule has 0 amide bonds. The molecule has 2 aromatic rings. The van der Waals surface area contributed by atoms with Gasteiger partial charge in [0.15, 0.2) is 5.82 Å². The molecule has 1 aliphatic heterocycles. The molecule has 1 fully saturated rings. The first-order chi connectivity index (χ1) is 11.9. The zero-order valence-corrected chi connectivity index (χ0v) is 15.7. The van der Waals surface area contributed by atoms with Gasteiger partial charge >= 0.3 is 0 Å². The predicted octanol–water partition coefficient (Wildman–Crippen LogP) is 2.60. The Bertz CT molecular complexity index is 850. The van der Waals surface area contributed by atoms with Crippen LogP contribution in [0.5, 0.6) is 0 Å². The number of nitrogens with one attached hydrogen (secondary N) is 1. The average Bonchev–Trinajstić information content (AvgIpc) is 2.62. The summed E-state index contributed by atoms with van der Waals surface area (Å²) in [5.74, 6) is 1.55. The summed E-state index contributed by atoms with van der Waals surface area (Å²) in [4.78, 5) is 2.53. The molecule has 0 radical (unpaired) electrons. The van der Waals surface area contributed by atoms with E-state index in [4.69, 9.17) is 0 Å². The molecule has 25 heavy (non-hydrogen) atoms. The highest BCUT2D eigenvalue weighted by Gasteiger charge is 2.19. The third-order valence-corrected chi connectivity index (χ3v) is 6.23. The van der Waals surface area contributed by atoms with Gasteiger partial charge in [0.1, 0.15) is 0 Å². The molecule has 1 saturated heterocycles. The van der Waals surface area contributed by atoms with E-state index in [2.05, 4.69) is 26.7 Å². The van der Waals surface area contributed by atoms with Gasteiger partial charge in [0.25, 0.3) is 0 Å². The summed E-state index contributed by atoms with van der Waals surface area (Å²) in [5, 5.41) is 8.68. The van der Waals surface area contributed by atoms with Crippen molar-refractivity contribution in [3.8, 4) is 11.3 Å². The van der Waals surface area contributed by atoms with Crippen molar-refractivity contribution in [2.24, 2.45) is 5.92 Å². The highest BCUT2D eigenvalue weighted by atomic mass is 32.2. The molecule has 0 spiro atoms. The number of hydrogen-bond acceptors (Lipinski definition) is 5.